The number of rotatable bonds is 6. The lowest BCUT2D eigenvalue weighted by molar-refractivity contribution is 0.150. The molecule has 1 rings (SSSR count). The Hall–Kier alpha value is -1.85. The third kappa shape index (κ3) is 3.87. The highest BCUT2D eigenvalue weighted by Crippen LogP contribution is 2.31. The van der Waals surface area contributed by atoms with Gasteiger partial charge in [-0.15, -0.1) is 0 Å². The molecule has 0 fully saturated rings. The minimum atomic E-state index is -2.56. The minimum absolute atomic E-state index is 0.134. The molecule has 0 N–H and O–H groups in total. The van der Waals surface area contributed by atoms with Crippen molar-refractivity contribution in [3.05, 3.63) is 23.8 Å². The largest absolute Gasteiger partial charge is 0.493 e. The number of benzene rings is 1. The predicted octanol–water partition coefficient (Wildman–Crippen LogP) is 2.91. The van der Waals surface area contributed by atoms with Gasteiger partial charge in [0.1, 0.15) is 6.34 Å². The van der Waals surface area contributed by atoms with Crippen LogP contribution in [-0.2, 0) is 0 Å². The molecule has 0 bridgehead atoms. The van der Waals surface area contributed by atoms with Crippen molar-refractivity contribution in [3.8, 4) is 11.5 Å². The lowest BCUT2D eigenvalue weighted by Gasteiger charge is -2.10. The molecule has 0 saturated carbocycles. The number of alkyl halides is 2. The summed E-state index contributed by atoms with van der Waals surface area (Å²) < 4.78 is 30.1. The molecule has 0 aromatic heterocycles. The molecule has 1 aromatic rings. The highest BCUT2D eigenvalue weighted by atomic mass is 19.3. The van der Waals surface area contributed by atoms with Crippen LogP contribution in [0.25, 0.3) is 0 Å². The van der Waals surface area contributed by atoms with Gasteiger partial charge < -0.3 is 14.5 Å². The Kier molecular flexibility index (Phi) is 5.35. The second kappa shape index (κ2) is 6.78. The van der Waals surface area contributed by atoms with Crippen LogP contribution in [0.5, 0.6) is 11.5 Å². The number of ether oxygens (including phenoxy) is 1. The van der Waals surface area contributed by atoms with E-state index < -0.39 is 6.43 Å². The molecule has 4 nitrogen and oxygen atoms in total. The van der Waals surface area contributed by atoms with Gasteiger partial charge in [0.2, 0.25) is 0 Å². The zero-order valence-electron chi connectivity index (χ0n) is 10.6. The Labute approximate surface area is 105 Å². The maximum atomic E-state index is 12.5. The van der Waals surface area contributed by atoms with E-state index in [2.05, 4.69) is 5.16 Å². The fourth-order valence-corrected chi connectivity index (χ4v) is 1.14. The monoisotopic (exact) mass is 258 g/mol. The molecule has 1 aromatic carbocycles. The van der Waals surface area contributed by atoms with E-state index in [9.17, 15) is 8.78 Å². The van der Waals surface area contributed by atoms with Crippen LogP contribution in [0.4, 0.5) is 8.78 Å². The van der Waals surface area contributed by atoms with Crippen LogP contribution < -0.4 is 9.57 Å². The first-order valence-electron chi connectivity index (χ1n) is 5.45. The Morgan fingerprint density at radius 2 is 2.11 bits per heavy atom. The van der Waals surface area contributed by atoms with Gasteiger partial charge in [-0.3, -0.25) is 0 Å². The Morgan fingerprint density at radius 1 is 1.39 bits per heavy atom. The zero-order valence-corrected chi connectivity index (χ0v) is 10.6. The second-order valence-electron chi connectivity index (χ2n) is 3.60. The molecule has 0 atom stereocenters. The molecular formula is C12H16F2N2O2. The van der Waals surface area contributed by atoms with Gasteiger partial charge >= 0.3 is 0 Å². The van der Waals surface area contributed by atoms with Crippen molar-refractivity contribution in [3.63, 3.8) is 0 Å². The molecule has 0 heterocycles. The maximum Gasteiger partial charge on any atom is 0.263 e. The van der Waals surface area contributed by atoms with Crippen LogP contribution in [0, 0.1) is 0 Å². The van der Waals surface area contributed by atoms with Crippen molar-refractivity contribution >= 4 is 6.34 Å². The van der Waals surface area contributed by atoms with Crippen LogP contribution in [0.3, 0.4) is 0 Å². The van der Waals surface area contributed by atoms with Crippen molar-refractivity contribution < 1.29 is 18.4 Å². The van der Waals surface area contributed by atoms with Crippen molar-refractivity contribution in [2.45, 2.75) is 13.3 Å². The third-order valence-corrected chi connectivity index (χ3v) is 2.33. The highest BCUT2D eigenvalue weighted by Gasteiger charge is 2.12. The minimum Gasteiger partial charge on any atom is -0.493 e. The van der Waals surface area contributed by atoms with Crippen LogP contribution in [0.15, 0.2) is 23.4 Å². The second-order valence-corrected chi connectivity index (χ2v) is 3.60. The van der Waals surface area contributed by atoms with E-state index in [0.717, 1.165) is 6.54 Å². The first-order chi connectivity index (χ1) is 8.58. The average molecular weight is 258 g/mol. The maximum absolute atomic E-state index is 12.5. The van der Waals surface area contributed by atoms with E-state index in [0.29, 0.717) is 5.75 Å². The Balaban J connectivity index is 2.84. The lowest BCUT2D eigenvalue weighted by atomic mass is 10.2. The standard InChI is InChI=1S/C12H16F2N2O2/c1-4-16(2)8-15-18-11-7-9(12(13)14)5-6-10(11)17-3/h5-8,12H,4H2,1-3H3. The fraction of sp³-hybridized carbons (Fsp3) is 0.417. The molecule has 6 heteroatoms. The Bertz CT molecular complexity index is 411. The van der Waals surface area contributed by atoms with Gasteiger partial charge in [0, 0.05) is 19.2 Å². The summed E-state index contributed by atoms with van der Waals surface area (Å²) >= 11 is 0. The summed E-state index contributed by atoms with van der Waals surface area (Å²) in [7, 11) is 3.26. The lowest BCUT2D eigenvalue weighted by Crippen LogP contribution is -2.15. The van der Waals surface area contributed by atoms with Crippen molar-refractivity contribution in [2.75, 3.05) is 20.7 Å². The van der Waals surface area contributed by atoms with Gasteiger partial charge in [0.25, 0.3) is 6.43 Å². The normalized spacial score (nSPS) is 11.0. The van der Waals surface area contributed by atoms with E-state index in [1.807, 2.05) is 14.0 Å². The summed E-state index contributed by atoms with van der Waals surface area (Å²) in [6.07, 6.45) is -1.09. The molecule has 100 valence electrons. The average Bonchev–Trinajstić information content (AvgIpc) is 2.38. The molecule has 0 amide bonds. The fourth-order valence-electron chi connectivity index (χ4n) is 1.14. The van der Waals surface area contributed by atoms with E-state index in [-0.39, 0.29) is 11.3 Å². The van der Waals surface area contributed by atoms with Gasteiger partial charge in [-0.1, -0.05) is 5.16 Å². The van der Waals surface area contributed by atoms with Crippen molar-refractivity contribution in [1.82, 2.24) is 4.90 Å². The number of nitrogens with zero attached hydrogens (tertiary/aromatic N) is 2. The molecule has 0 aliphatic carbocycles. The quantitative estimate of drug-likeness (QED) is 0.447. The van der Waals surface area contributed by atoms with Crippen LogP contribution in [0.1, 0.15) is 18.9 Å². The topological polar surface area (TPSA) is 34.1 Å². The number of oxime groups is 1. The van der Waals surface area contributed by atoms with Gasteiger partial charge in [-0.05, 0) is 25.1 Å². The number of hydrogen-bond donors (Lipinski definition) is 0. The summed E-state index contributed by atoms with van der Waals surface area (Å²) in [5, 5.41) is 3.70. The van der Waals surface area contributed by atoms with E-state index in [1.54, 1.807) is 4.90 Å². The molecule has 0 aliphatic rings. The third-order valence-electron chi connectivity index (χ3n) is 2.33. The summed E-state index contributed by atoms with van der Waals surface area (Å²) in [6.45, 7) is 2.71. The van der Waals surface area contributed by atoms with Gasteiger partial charge in [-0.25, -0.2) is 8.78 Å². The zero-order chi connectivity index (χ0) is 13.5. The van der Waals surface area contributed by atoms with Crippen LogP contribution in [-0.4, -0.2) is 31.9 Å². The van der Waals surface area contributed by atoms with Crippen molar-refractivity contribution in [1.29, 1.82) is 0 Å². The molecular weight excluding hydrogens is 242 g/mol. The van der Waals surface area contributed by atoms with Crippen LogP contribution in [0.2, 0.25) is 0 Å². The van der Waals surface area contributed by atoms with Gasteiger partial charge in [0.15, 0.2) is 11.5 Å². The molecule has 0 saturated heterocycles. The first-order valence-corrected chi connectivity index (χ1v) is 5.45. The summed E-state index contributed by atoms with van der Waals surface area (Å²) in [6, 6.07) is 3.93. The molecule has 18 heavy (non-hydrogen) atoms. The summed E-state index contributed by atoms with van der Waals surface area (Å²) in [5.41, 5.74) is -0.134. The highest BCUT2D eigenvalue weighted by molar-refractivity contribution is 5.54. The van der Waals surface area contributed by atoms with Gasteiger partial charge in [-0.2, -0.15) is 0 Å². The van der Waals surface area contributed by atoms with E-state index >= 15 is 0 Å². The smallest absolute Gasteiger partial charge is 0.263 e. The number of hydrogen-bond acceptors (Lipinski definition) is 3. The first kappa shape index (κ1) is 14.2. The summed E-state index contributed by atoms with van der Waals surface area (Å²) in [4.78, 5) is 6.84. The predicted molar refractivity (Wildman–Crippen MR) is 65.4 cm³/mol. The van der Waals surface area contributed by atoms with Crippen molar-refractivity contribution in [2.24, 2.45) is 5.16 Å². The SMILES string of the molecule is CCN(C)C=NOc1cc(C(F)F)ccc1OC. The number of halogens is 2. The summed E-state index contributed by atoms with van der Waals surface area (Å²) in [5.74, 6) is 0.520. The number of methoxy groups -OCH3 is 1. The molecule has 0 aliphatic heterocycles. The molecule has 0 unspecified atom stereocenters. The molecule has 0 spiro atoms. The van der Waals surface area contributed by atoms with Crippen LogP contribution >= 0.6 is 0 Å². The van der Waals surface area contributed by atoms with E-state index in [1.165, 1.54) is 31.6 Å². The van der Waals surface area contributed by atoms with E-state index in [4.69, 9.17) is 9.57 Å². The Morgan fingerprint density at radius 3 is 2.67 bits per heavy atom. The molecule has 0 radical (unpaired) electrons. The van der Waals surface area contributed by atoms with Gasteiger partial charge in [0.05, 0.1) is 7.11 Å².